The largest absolute Gasteiger partial charge is 0.342 e. The summed E-state index contributed by atoms with van der Waals surface area (Å²) in [5.74, 6) is 0.406. The minimum atomic E-state index is -0.329. The number of hydrogen-bond acceptors (Lipinski definition) is 4. The zero-order valence-electron chi connectivity index (χ0n) is 14.6. The Bertz CT molecular complexity index is 586. The van der Waals surface area contributed by atoms with Crippen LogP contribution in [-0.4, -0.2) is 62.1 Å². The summed E-state index contributed by atoms with van der Waals surface area (Å²) in [5, 5.41) is 4.04. The van der Waals surface area contributed by atoms with Gasteiger partial charge in [0.1, 0.15) is 12.7 Å². The molecule has 1 aromatic rings. The normalized spacial score (nSPS) is 24.4. The highest BCUT2D eigenvalue weighted by atomic mass is 16.2. The van der Waals surface area contributed by atoms with Gasteiger partial charge < -0.3 is 9.80 Å². The van der Waals surface area contributed by atoms with Crippen molar-refractivity contribution in [3.63, 3.8) is 0 Å². The lowest BCUT2D eigenvalue weighted by Crippen LogP contribution is -2.52. The van der Waals surface area contributed by atoms with Gasteiger partial charge in [-0.05, 0) is 39.5 Å². The molecular weight excluding hydrogens is 306 g/mol. The van der Waals surface area contributed by atoms with Crippen molar-refractivity contribution in [1.29, 1.82) is 0 Å². The third kappa shape index (κ3) is 3.30. The number of piperidine rings is 1. The Morgan fingerprint density at radius 1 is 1.33 bits per heavy atom. The van der Waals surface area contributed by atoms with Crippen molar-refractivity contribution in [3.05, 3.63) is 12.7 Å². The number of nitrogens with zero attached hydrogens (tertiary/aromatic N) is 5. The van der Waals surface area contributed by atoms with Crippen LogP contribution in [0.2, 0.25) is 0 Å². The van der Waals surface area contributed by atoms with E-state index in [9.17, 15) is 9.59 Å². The fourth-order valence-corrected chi connectivity index (χ4v) is 3.96. The maximum Gasteiger partial charge on any atom is 0.230 e. The Hall–Kier alpha value is -1.92. The van der Waals surface area contributed by atoms with Crippen LogP contribution < -0.4 is 0 Å². The topological polar surface area (TPSA) is 71.3 Å². The van der Waals surface area contributed by atoms with E-state index in [1.165, 1.54) is 6.33 Å². The Kier molecular flexibility index (Phi) is 4.87. The number of aromatic nitrogens is 3. The van der Waals surface area contributed by atoms with Crippen molar-refractivity contribution >= 4 is 11.8 Å². The molecule has 0 aliphatic carbocycles. The number of carbonyl (C=O) groups excluding carboxylic acids is 2. The first-order valence-electron chi connectivity index (χ1n) is 8.93. The summed E-state index contributed by atoms with van der Waals surface area (Å²) in [7, 11) is 0. The van der Waals surface area contributed by atoms with Crippen molar-refractivity contribution in [1.82, 2.24) is 24.6 Å². The number of hydrogen-bond donors (Lipinski definition) is 0. The number of likely N-dealkylation sites (tertiary alicyclic amines) is 2. The van der Waals surface area contributed by atoms with Crippen molar-refractivity contribution in [3.8, 4) is 0 Å². The highest BCUT2D eigenvalue weighted by Crippen LogP contribution is 2.40. The van der Waals surface area contributed by atoms with E-state index in [-0.39, 0.29) is 23.3 Å². The molecule has 24 heavy (non-hydrogen) atoms. The Balaban J connectivity index is 1.54. The zero-order chi connectivity index (χ0) is 17.2. The maximum absolute atomic E-state index is 12.9. The van der Waals surface area contributed by atoms with E-state index in [4.69, 9.17) is 0 Å². The van der Waals surface area contributed by atoms with E-state index in [1.54, 1.807) is 11.0 Å². The zero-order valence-corrected chi connectivity index (χ0v) is 14.6. The van der Waals surface area contributed by atoms with Crippen LogP contribution in [0.1, 0.15) is 46.0 Å². The van der Waals surface area contributed by atoms with Crippen LogP contribution in [0.15, 0.2) is 12.7 Å². The van der Waals surface area contributed by atoms with Gasteiger partial charge in [0.05, 0.1) is 5.41 Å². The number of rotatable bonds is 5. The lowest BCUT2D eigenvalue weighted by molar-refractivity contribution is -0.148. The molecule has 2 fully saturated rings. The lowest BCUT2D eigenvalue weighted by atomic mass is 9.78. The van der Waals surface area contributed by atoms with Gasteiger partial charge in [0, 0.05) is 38.6 Å². The van der Waals surface area contributed by atoms with Crippen molar-refractivity contribution in [2.24, 2.45) is 5.41 Å². The Labute approximate surface area is 143 Å². The van der Waals surface area contributed by atoms with Gasteiger partial charge in [-0.25, -0.2) is 4.98 Å². The van der Waals surface area contributed by atoms with E-state index in [0.717, 1.165) is 32.2 Å². The minimum absolute atomic E-state index is 0.154. The van der Waals surface area contributed by atoms with Gasteiger partial charge in [0.25, 0.3) is 0 Å². The average Bonchev–Trinajstić information content (AvgIpc) is 3.20. The van der Waals surface area contributed by atoms with Crippen molar-refractivity contribution < 1.29 is 9.59 Å². The lowest BCUT2D eigenvalue weighted by Gasteiger charge is -2.41. The van der Waals surface area contributed by atoms with Gasteiger partial charge in [-0.3, -0.25) is 14.3 Å². The van der Waals surface area contributed by atoms with E-state index < -0.39 is 0 Å². The highest BCUT2D eigenvalue weighted by molar-refractivity contribution is 5.86. The summed E-state index contributed by atoms with van der Waals surface area (Å²) in [6, 6.07) is 0.238. The Morgan fingerprint density at radius 3 is 2.88 bits per heavy atom. The molecule has 0 radical (unpaired) electrons. The molecule has 3 heterocycles. The van der Waals surface area contributed by atoms with E-state index in [2.05, 4.69) is 23.9 Å². The molecule has 3 rings (SSSR count). The second kappa shape index (κ2) is 6.91. The molecule has 2 aliphatic rings. The van der Waals surface area contributed by atoms with E-state index in [1.807, 2.05) is 9.80 Å². The summed E-state index contributed by atoms with van der Waals surface area (Å²) < 4.78 is 1.74. The van der Waals surface area contributed by atoms with Gasteiger partial charge in [-0.15, -0.1) is 0 Å². The van der Waals surface area contributed by atoms with Gasteiger partial charge in [0.15, 0.2) is 0 Å². The van der Waals surface area contributed by atoms with Gasteiger partial charge >= 0.3 is 0 Å². The van der Waals surface area contributed by atoms with E-state index in [0.29, 0.717) is 26.1 Å². The van der Waals surface area contributed by atoms with Crippen LogP contribution in [0.4, 0.5) is 0 Å². The molecule has 7 heteroatoms. The molecule has 0 saturated carbocycles. The second-order valence-corrected chi connectivity index (χ2v) is 7.30. The molecule has 0 aromatic carbocycles. The first-order chi connectivity index (χ1) is 11.5. The van der Waals surface area contributed by atoms with Crippen LogP contribution in [0.25, 0.3) is 0 Å². The molecule has 1 unspecified atom stereocenters. The summed E-state index contributed by atoms with van der Waals surface area (Å²) in [6.45, 7) is 6.99. The molecule has 2 aliphatic heterocycles. The third-order valence-corrected chi connectivity index (χ3v) is 5.34. The monoisotopic (exact) mass is 333 g/mol. The van der Waals surface area contributed by atoms with Crippen LogP contribution >= 0.6 is 0 Å². The summed E-state index contributed by atoms with van der Waals surface area (Å²) in [4.78, 5) is 33.2. The van der Waals surface area contributed by atoms with Crippen LogP contribution in [0.3, 0.4) is 0 Å². The number of aryl methyl sites for hydroxylation is 1. The van der Waals surface area contributed by atoms with Gasteiger partial charge in [-0.1, -0.05) is 0 Å². The molecule has 0 bridgehead atoms. The average molecular weight is 333 g/mol. The standard InChI is InChI=1S/C17H27N5O2/c1-14(2)22-9-4-6-17(16(22)24)7-10-20(11-17)15(23)5-3-8-21-13-18-12-19-21/h12-14H,3-11H2,1-2H3. The molecule has 0 N–H and O–H groups in total. The molecule has 7 nitrogen and oxygen atoms in total. The molecule has 132 valence electrons. The van der Waals surface area contributed by atoms with Gasteiger partial charge in [-0.2, -0.15) is 5.10 Å². The molecule has 1 atom stereocenters. The second-order valence-electron chi connectivity index (χ2n) is 7.30. The summed E-state index contributed by atoms with van der Waals surface area (Å²) in [5.41, 5.74) is -0.329. The number of carbonyl (C=O) groups is 2. The summed E-state index contributed by atoms with van der Waals surface area (Å²) in [6.07, 6.45) is 7.17. The van der Waals surface area contributed by atoms with Crippen molar-refractivity contribution in [2.75, 3.05) is 19.6 Å². The molecular formula is C17H27N5O2. The van der Waals surface area contributed by atoms with Crippen LogP contribution in [0, 0.1) is 5.41 Å². The van der Waals surface area contributed by atoms with Crippen LogP contribution in [-0.2, 0) is 16.1 Å². The third-order valence-electron chi connectivity index (χ3n) is 5.34. The maximum atomic E-state index is 12.9. The smallest absolute Gasteiger partial charge is 0.230 e. The fraction of sp³-hybridized carbons (Fsp3) is 0.765. The highest BCUT2D eigenvalue weighted by Gasteiger charge is 2.49. The predicted molar refractivity (Wildman–Crippen MR) is 89.0 cm³/mol. The SMILES string of the molecule is CC(C)N1CCCC2(CCN(C(=O)CCCn3cncn3)C2)C1=O. The first-order valence-corrected chi connectivity index (χ1v) is 8.93. The number of amides is 2. The Morgan fingerprint density at radius 2 is 2.17 bits per heavy atom. The minimum Gasteiger partial charge on any atom is -0.342 e. The molecule has 2 saturated heterocycles. The first kappa shape index (κ1) is 16.9. The summed E-state index contributed by atoms with van der Waals surface area (Å²) >= 11 is 0. The molecule has 1 aromatic heterocycles. The fourth-order valence-electron chi connectivity index (χ4n) is 3.96. The quantitative estimate of drug-likeness (QED) is 0.814. The molecule has 2 amide bonds. The van der Waals surface area contributed by atoms with E-state index >= 15 is 0 Å². The van der Waals surface area contributed by atoms with Crippen LogP contribution in [0.5, 0.6) is 0 Å². The van der Waals surface area contributed by atoms with Gasteiger partial charge in [0.2, 0.25) is 11.8 Å². The molecule has 1 spiro atoms. The predicted octanol–water partition coefficient (Wildman–Crippen LogP) is 1.31. The van der Waals surface area contributed by atoms with Crippen molar-refractivity contribution in [2.45, 2.75) is 58.5 Å².